The van der Waals surface area contributed by atoms with Gasteiger partial charge < -0.3 is 5.11 Å². The van der Waals surface area contributed by atoms with E-state index in [2.05, 4.69) is 9.98 Å². The van der Waals surface area contributed by atoms with Gasteiger partial charge in [0.2, 0.25) is 5.88 Å². The Kier molecular flexibility index (Phi) is 6.18. The normalized spacial score (nSPS) is 11.7. The molecule has 174 valence electrons. The van der Waals surface area contributed by atoms with E-state index in [9.17, 15) is 19.5 Å². The van der Waals surface area contributed by atoms with Crippen LogP contribution < -0.4 is 16.8 Å². The number of aromatic nitrogens is 4. The smallest absolute Gasteiger partial charge is 0.331 e. The largest absolute Gasteiger partial charge is 0.494 e. The summed E-state index contributed by atoms with van der Waals surface area (Å²) in [6.07, 6.45) is 0.249. The van der Waals surface area contributed by atoms with E-state index >= 15 is 0 Å². The van der Waals surface area contributed by atoms with E-state index in [1.54, 1.807) is 25.6 Å². The third-order valence-electron chi connectivity index (χ3n) is 5.75. The highest BCUT2D eigenvalue weighted by molar-refractivity contribution is 6.03. The summed E-state index contributed by atoms with van der Waals surface area (Å²) in [5, 5.41) is 10.9. The van der Waals surface area contributed by atoms with Gasteiger partial charge in [0.15, 0.2) is 5.69 Å². The number of H-pyrrole nitrogens is 1. The molecule has 0 aliphatic carbocycles. The number of nitrogens with one attached hydrogen (secondary N) is 1. The molecule has 0 aliphatic rings. The van der Waals surface area contributed by atoms with Crippen LogP contribution >= 0.6 is 0 Å². The van der Waals surface area contributed by atoms with Crippen LogP contribution in [0, 0.1) is 6.92 Å². The minimum absolute atomic E-state index is 0.0669. The summed E-state index contributed by atoms with van der Waals surface area (Å²) in [5.74, 6) is -0.491. The molecule has 0 radical (unpaired) electrons. The van der Waals surface area contributed by atoms with Crippen molar-refractivity contribution in [3.63, 3.8) is 0 Å². The lowest BCUT2D eigenvalue weighted by Crippen LogP contribution is -2.34. The first kappa shape index (κ1) is 22.8. The Bertz CT molecular complexity index is 1540. The van der Waals surface area contributed by atoms with E-state index < -0.39 is 17.1 Å². The van der Waals surface area contributed by atoms with Gasteiger partial charge in [-0.2, -0.15) is 0 Å². The first-order valence-electron chi connectivity index (χ1n) is 10.9. The van der Waals surface area contributed by atoms with Crippen molar-refractivity contribution in [2.24, 2.45) is 12.0 Å². The van der Waals surface area contributed by atoms with Crippen molar-refractivity contribution in [3.8, 4) is 11.6 Å². The fourth-order valence-electron chi connectivity index (χ4n) is 3.86. The lowest BCUT2D eigenvalue weighted by Gasteiger charge is -2.12. The molecule has 0 aliphatic heterocycles. The molecule has 34 heavy (non-hydrogen) atoms. The van der Waals surface area contributed by atoms with E-state index in [0.717, 1.165) is 10.1 Å². The van der Waals surface area contributed by atoms with Crippen molar-refractivity contribution in [1.82, 2.24) is 18.9 Å². The van der Waals surface area contributed by atoms with Gasteiger partial charge in [0.05, 0.1) is 23.6 Å². The highest BCUT2D eigenvalue weighted by Crippen LogP contribution is 2.21. The molecule has 2 aromatic carbocycles. The van der Waals surface area contributed by atoms with Crippen LogP contribution in [0.5, 0.6) is 5.88 Å². The summed E-state index contributed by atoms with van der Waals surface area (Å²) in [6.45, 7) is 3.59. The zero-order valence-electron chi connectivity index (χ0n) is 19.1. The number of hydrogen-bond donors (Lipinski definition) is 2. The van der Waals surface area contributed by atoms with Gasteiger partial charge in [0.1, 0.15) is 5.56 Å². The van der Waals surface area contributed by atoms with Crippen molar-refractivity contribution in [2.45, 2.75) is 26.8 Å². The number of benzene rings is 2. The van der Waals surface area contributed by atoms with Crippen LogP contribution in [0.25, 0.3) is 5.69 Å². The maximum atomic E-state index is 13.3. The number of para-hydroxylation sites is 1. The third-order valence-corrected chi connectivity index (χ3v) is 5.75. The van der Waals surface area contributed by atoms with Crippen molar-refractivity contribution in [3.05, 3.63) is 109 Å². The zero-order chi connectivity index (χ0) is 24.4. The fourth-order valence-corrected chi connectivity index (χ4v) is 3.86. The second-order valence-electron chi connectivity index (χ2n) is 7.85. The molecule has 2 N–H and O–H groups in total. The predicted octanol–water partition coefficient (Wildman–Crippen LogP) is 2.62. The standard InChI is InChI=1S/C25H25N5O4/c1-4-19(26-21-16(2)28(3)30(24(21)33)18-13-9-6-10-14-18)20-22(31)27-25(34)29(23(20)32)15-17-11-7-5-8-12-17/h5-14,32H,4,15H2,1-3H3,(H,27,31,34). The molecule has 0 saturated carbocycles. The average molecular weight is 460 g/mol. The Morgan fingerprint density at radius 1 is 1.00 bits per heavy atom. The number of aromatic amines is 1. The lowest BCUT2D eigenvalue weighted by atomic mass is 10.1. The first-order chi connectivity index (χ1) is 16.3. The van der Waals surface area contributed by atoms with E-state index in [1.807, 2.05) is 60.7 Å². The Balaban J connectivity index is 1.88. The molecule has 4 aromatic rings. The van der Waals surface area contributed by atoms with Crippen LogP contribution in [0.4, 0.5) is 5.69 Å². The van der Waals surface area contributed by atoms with Gasteiger partial charge in [-0.05, 0) is 31.0 Å². The first-order valence-corrected chi connectivity index (χ1v) is 10.9. The Labute approximate surface area is 194 Å². The Morgan fingerprint density at radius 3 is 2.24 bits per heavy atom. The zero-order valence-corrected chi connectivity index (χ0v) is 19.1. The second kappa shape index (κ2) is 9.22. The van der Waals surface area contributed by atoms with Crippen LogP contribution in [-0.4, -0.2) is 29.7 Å². The summed E-state index contributed by atoms with van der Waals surface area (Å²) in [7, 11) is 1.75. The minimum Gasteiger partial charge on any atom is -0.494 e. The highest BCUT2D eigenvalue weighted by Gasteiger charge is 2.21. The molecule has 0 saturated heterocycles. The molecule has 9 nitrogen and oxygen atoms in total. The molecule has 2 aromatic heterocycles. The molecule has 9 heteroatoms. The quantitative estimate of drug-likeness (QED) is 0.431. The third kappa shape index (κ3) is 4.03. The average Bonchev–Trinajstić information content (AvgIpc) is 3.05. The summed E-state index contributed by atoms with van der Waals surface area (Å²) in [4.78, 5) is 45.2. The van der Waals surface area contributed by atoms with Crippen LogP contribution in [-0.2, 0) is 13.6 Å². The van der Waals surface area contributed by atoms with E-state index in [-0.39, 0.29) is 35.5 Å². The molecule has 0 fully saturated rings. The van der Waals surface area contributed by atoms with E-state index in [0.29, 0.717) is 11.4 Å². The molecule has 0 bridgehead atoms. The van der Waals surface area contributed by atoms with Crippen LogP contribution in [0.15, 0.2) is 80.0 Å². The van der Waals surface area contributed by atoms with Gasteiger partial charge >= 0.3 is 5.69 Å². The molecule has 0 amide bonds. The molecular weight excluding hydrogens is 434 g/mol. The monoisotopic (exact) mass is 459 g/mol. The van der Waals surface area contributed by atoms with Crippen molar-refractivity contribution in [2.75, 3.05) is 0 Å². The molecule has 2 heterocycles. The molecule has 0 spiro atoms. The van der Waals surface area contributed by atoms with Gasteiger partial charge in [-0.25, -0.2) is 14.5 Å². The molecular formula is C25H25N5O4. The number of rotatable bonds is 6. The summed E-state index contributed by atoms with van der Waals surface area (Å²) >= 11 is 0. The van der Waals surface area contributed by atoms with Crippen LogP contribution in [0.2, 0.25) is 0 Å². The van der Waals surface area contributed by atoms with E-state index in [1.165, 1.54) is 4.68 Å². The van der Waals surface area contributed by atoms with Crippen LogP contribution in [0.1, 0.15) is 30.2 Å². The maximum absolute atomic E-state index is 13.3. The summed E-state index contributed by atoms with van der Waals surface area (Å²) < 4.78 is 4.25. The molecule has 4 rings (SSSR count). The summed E-state index contributed by atoms with van der Waals surface area (Å²) in [5.41, 5.74) is 0.421. The second-order valence-corrected chi connectivity index (χ2v) is 7.85. The Hall–Kier alpha value is -4.40. The van der Waals surface area contributed by atoms with Gasteiger partial charge in [-0.15, -0.1) is 0 Å². The molecule has 0 atom stereocenters. The summed E-state index contributed by atoms with van der Waals surface area (Å²) in [6, 6.07) is 18.2. The van der Waals surface area contributed by atoms with Crippen molar-refractivity contribution < 1.29 is 5.11 Å². The van der Waals surface area contributed by atoms with Gasteiger partial charge in [-0.1, -0.05) is 55.5 Å². The van der Waals surface area contributed by atoms with E-state index in [4.69, 9.17) is 0 Å². The maximum Gasteiger partial charge on any atom is 0.331 e. The lowest BCUT2D eigenvalue weighted by molar-refractivity contribution is 0.408. The SMILES string of the molecule is CCC(=Nc1c(C)n(C)n(-c2ccccc2)c1=O)c1c(O)n(Cc2ccccc2)c(=O)[nH]c1=O. The van der Waals surface area contributed by atoms with Crippen molar-refractivity contribution in [1.29, 1.82) is 0 Å². The number of aromatic hydroxyl groups is 1. The van der Waals surface area contributed by atoms with Crippen LogP contribution in [0.3, 0.4) is 0 Å². The Morgan fingerprint density at radius 2 is 1.62 bits per heavy atom. The number of hydrogen-bond acceptors (Lipinski definition) is 5. The van der Waals surface area contributed by atoms with Gasteiger partial charge in [0.25, 0.3) is 11.1 Å². The predicted molar refractivity (Wildman–Crippen MR) is 131 cm³/mol. The minimum atomic E-state index is -0.760. The fraction of sp³-hybridized carbons (Fsp3) is 0.200. The van der Waals surface area contributed by atoms with Gasteiger partial charge in [-0.3, -0.25) is 23.8 Å². The number of nitrogens with zero attached hydrogens (tertiary/aromatic N) is 4. The highest BCUT2D eigenvalue weighted by atomic mass is 16.3. The van der Waals surface area contributed by atoms with Gasteiger partial charge in [0, 0.05) is 7.05 Å². The molecule has 0 unspecified atom stereocenters. The topological polar surface area (TPSA) is 114 Å². The number of aliphatic imine (C=N–C) groups is 1. The van der Waals surface area contributed by atoms with Crippen molar-refractivity contribution >= 4 is 11.4 Å².